The van der Waals surface area contributed by atoms with Crippen molar-refractivity contribution in [2.75, 3.05) is 11.9 Å². The first kappa shape index (κ1) is 18.6. The van der Waals surface area contributed by atoms with Crippen LogP contribution in [0.3, 0.4) is 0 Å². The fraction of sp³-hybridized carbons (Fsp3) is 0.0556. The zero-order valence-corrected chi connectivity index (χ0v) is 16.2. The number of anilines is 1. The van der Waals surface area contributed by atoms with E-state index < -0.39 is 29.4 Å². The summed E-state index contributed by atoms with van der Waals surface area (Å²) in [6, 6.07) is 13.1. The number of nitrogens with one attached hydrogen (secondary N) is 1. The summed E-state index contributed by atoms with van der Waals surface area (Å²) in [7, 11) is 0. The molecule has 1 fully saturated rings. The van der Waals surface area contributed by atoms with Gasteiger partial charge in [0.15, 0.2) is 0 Å². The molecule has 1 aliphatic heterocycles. The van der Waals surface area contributed by atoms with Crippen LogP contribution in [-0.4, -0.2) is 28.5 Å². The lowest BCUT2D eigenvalue weighted by Gasteiger charge is -2.12. The van der Waals surface area contributed by atoms with Gasteiger partial charge in [-0.1, -0.05) is 30.3 Å². The Bertz CT molecular complexity index is 932. The molecule has 0 radical (unpaired) electrons. The SMILES string of the molecule is O=C(CN1C(=O)S/C(=C\c2ccccc2I)C1=O)Nc1ccccc1F. The third-order valence-electron chi connectivity index (χ3n) is 3.52. The van der Waals surface area contributed by atoms with Gasteiger partial charge in [0, 0.05) is 3.57 Å². The zero-order valence-electron chi connectivity index (χ0n) is 13.2. The largest absolute Gasteiger partial charge is 0.322 e. The molecule has 1 heterocycles. The Labute approximate surface area is 166 Å². The fourth-order valence-electron chi connectivity index (χ4n) is 2.27. The first-order chi connectivity index (χ1) is 12.5. The molecular weight excluding hydrogens is 470 g/mol. The topological polar surface area (TPSA) is 66.5 Å². The summed E-state index contributed by atoms with van der Waals surface area (Å²) in [5.74, 6) is -1.77. The van der Waals surface area contributed by atoms with Gasteiger partial charge in [0.25, 0.3) is 11.1 Å². The normalized spacial score (nSPS) is 15.6. The van der Waals surface area contributed by atoms with Crippen LogP contribution in [0.25, 0.3) is 6.08 Å². The van der Waals surface area contributed by atoms with Gasteiger partial charge in [0.05, 0.1) is 10.6 Å². The Morgan fingerprint density at radius 2 is 1.85 bits per heavy atom. The van der Waals surface area contributed by atoms with Crippen molar-refractivity contribution in [3.63, 3.8) is 0 Å². The molecule has 0 bridgehead atoms. The number of thioether (sulfide) groups is 1. The third-order valence-corrected chi connectivity index (χ3v) is 5.40. The van der Waals surface area contributed by atoms with Crippen LogP contribution >= 0.6 is 34.4 Å². The van der Waals surface area contributed by atoms with Crippen molar-refractivity contribution in [3.05, 3.63) is 68.4 Å². The first-order valence-electron chi connectivity index (χ1n) is 7.50. The lowest BCUT2D eigenvalue weighted by molar-refractivity contribution is -0.127. The molecule has 8 heteroatoms. The summed E-state index contributed by atoms with van der Waals surface area (Å²) in [5.41, 5.74) is 0.813. The van der Waals surface area contributed by atoms with Crippen LogP contribution in [0.5, 0.6) is 0 Å². The van der Waals surface area contributed by atoms with Gasteiger partial charge in [-0.15, -0.1) is 0 Å². The quantitative estimate of drug-likeness (QED) is 0.527. The van der Waals surface area contributed by atoms with Gasteiger partial charge in [0.2, 0.25) is 5.91 Å². The molecule has 0 saturated carbocycles. The minimum Gasteiger partial charge on any atom is -0.322 e. The molecular formula is C18H12FIN2O3S. The summed E-state index contributed by atoms with van der Waals surface area (Å²) >= 11 is 2.91. The van der Waals surface area contributed by atoms with Crippen LogP contribution in [0.4, 0.5) is 14.9 Å². The van der Waals surface area contributed by atoms with Crippen LogP contribution in [0.15, 0.2) is 53.4 Å². The molecule has 3 rings (SSSR count). The molecule has 0 aliphatic carbocycles. The Morgan fingerprint density at radius 1 is 1.15 bits per heavy atom. The number of halogens is 2. The second kappa shape index (κ2) is 8.00. The predicted molar refractivity (Wildman–Crippen MR) is 107 cm³/mol. The molecule has 132 valence electrons. The van der Waals surface area contributed by atoms with E-state index >= 15 is 0 Å². The van der Waals surface area contributed by atoms with Gasteiger partial charge in [-0.3, -0.25) is 19.3 Å². The number of rotatable bonds is 4. The van der Waals surface area contributed by atoms with Crippen molar-refractivity contribution < 1.29 is 18.8 Å². The lowest BCUT2D eigenvalue weighted by atomic mass is 10.2. The highest BCUT2D eigenvalue weighted by Gasteiger charge is 2.36. The summed E-state index contributed by atoms with van der Waals surface area (Å²) in [6.07, 6.45) is 1.63. The van der Waals surface area contributed by atoms with Crippen LogP contribution < -0.4 is 5.32 Å². The standard InChI is InChI=1S/C18H12FIN2O3S/c19-12-6-2-4-8-14(12)21-16(23)10-22-17(24)15(26-18(22)25)9-11-5-1-3-7-13(11)20/h1-9H,10H2,(H,21,23)/b15-9-. The average molecular weight is 482 g/mol. The third kappa shape index (κ3) is 4.13. The number of para-hydroxylation sites is 1. The van der Waals surface area contributed by atoms with Crippen LogP contribution in [-0.2, 0) is 9.59 Å². The number of carbonyl (C=O) groups is 3. The van der Waals surface area contributed by atoms with Crippen molar-refractivity contribution in [1.82, 2.24) is 4.90 Å². The zero-order chi connectivity index (χ0) is 18.7. The maximum Gasteiger partial charge on any atom is 0.294 e. The minimum atomic E-state index is -0.645. The van der Waals surface area contributed by atoms with Crippen molar-refractivity contribution in [2.24, 2.45) is 0 Å². The van der Waals surface area contributed by atoms with Gasteiger partial charge in [0.1, 0.15) is 12.4 Å². The molecule has 2 aromatic rings. The molecule has 2 aromatic carbocycles. The van der Waals surface area contributed by atoms with E-state index in [0.29, 0.717) is 0 Å². The summed E-state index contributed by atoms with van der Waals surface area (Å²) in [6.45, 7) is -0.470. The molecule has 0 atom stereocenters. The molecule has 1 aliphatic rings. The van der Waals surface area contributed by atoms with Crippen molar-refractivity contribution in [3.8, 4) is 0 Å². The highest BCUT2D eigenvalue weighted by atomic mass is 127. The van der Waals surface area contributed by atoms with Crippen molar-refractivity contribution in [1.29, 1.82) is 0 Å². The molecule has 0 unspecified atom stereocenters. The highest BCUT2D eigenvalue weighted by molar-refractivity contribution is 14.1. The molecule has 26 heavy (non-hydrogen) atoms. The van der Waals surface area contributed by atoms with E-state index in [1.165, 1.54) is 18.2 Å². The van der Waals surface area contributed by atoms with Crippen LogP contribution in [0, 0.1) is 9.39 Å². The van der Waals surface area contributed by atoms with Gasteiger partial charge in [-0.05, 0) is 64.2 Å². The Morgan fingerprint density at radius 3 is 2.58 bits per heavy atom. The summed E-state index contributed by atoms with van der Waals surface area (Å²) in [5, 5.41) is 1.83. The highest BCUT2D eigenvalue weighted by Crippen LogP contribution is 2.32. The number of hydrogen-bond acceptors (Lipinski definition) is 4. The van der Waals surface area contributed by atoms with Gasteiger partial charge in [-0.25, -0.2) is 4.39 Å². The van der Waals surface area contributed by atoms with Crippen molar-refractivity contribution in [2.45, 2.75) is 0 Å². The average Bonchev–Trinajstić information content (AvgIpc) is 2.86. The molecule has 3 amide bonds. The Balaban J connectivity index is 1.72. The Hall–Kier alpha value is -2.20. The molecule has 0 spiro atoms. The molecule has 1 N–H and O–H groups in total. The summed E-state index contributed by atoms with van der Waals surface area (Å²) in [4.78, 5) is 37.7. The van der Waals surface area contributed by atoms with Gasteiger partial charge < -0.3 is 5.32 Å². The number of benzene rings is 2. The van der Waals surface area contributed by atoms with E-state index in [0.717, 1.165) is 25.8 Å². The van der Waals surface area contributed by atoms with E-state index in [4.69, 9.17) is 0 Å². The predicted octanol–water partition coefficient (Wildman–Crippen LogP) is 4.11. The molecule has 1 saturated heterocycles. The summed E-state index contributed by atoms with van der Waals surface area (Å²) < 4.78 is 14.5. The maximum atomic E-state index is 13.6. The second-order valence-electron chi connectivity index (χ2n) is 5.32. The van der Waals surface area contributed by atoms with Gasteiger partial charge >= 0.3 is 0 Å². The second-order valence-corrected chi connectivity index (χ2v) is 7.47. The number of carbonyl (C=O) groups excluding carboxylic acids is 3. The number of nitrogens with zero attached hydrogens (tertiary/aromatic N) is 1. The van der Waals surface area contributed by atoms with E-state index in [9.17, 15) is 18.8 Å². The van der Waals surface area contributed by atoms with E-state index in [1.54, 1.807) is 12.1 Å². The number of amides is 3. The van der Waals surface area contributed by atoms with E-state index in [-0.39, 0.29) is 10.6 Å². The number of hydrogen-bond donors (Lipinski definition) is 1. The Kier molecular flexibility index (Phi) is 5.72. The van der Waals surface area contributed by atoms with Crippen molar-refractivity contribution >= 4 is 63.2 Å². The maximum absolute atomic E-state index is 13.6. The van der Waals surface area contributed by atoms with Crippen LogP contribution in [0.1, 0.15) is 5.56 Å². The lowest BCUT2D eigenvalue weighted by Crippen LogP contribution is -2.36. The van der Waals surface area contributed by atoms with Gasteiger partial charge in [-0.2, -0.15) is 0 Å². The minimum absolute atomic E-state index is 0.00106. The van der Waals surface area contributed by atoms with E-state index in [2.05, 4.69) is 27.9 Å². The van der Waals surface area contributed by atoms with E-state index in [1.807, 2.05) is 24.3 Å². The molecule has 5 nitrogen and oxygen atoms in total. The monoisotopic (exact) mass is 482 g/mol. The number of imide groups is 1. The molecule has 0 aromatic heterocycles. The smallest absolute Gasteiger partial charge is 0.294 e. The van der Waals surface area contributed by atoms with Crippen LogP contribution in [0.2, 0.25) is 0 Å². The fourth-order valence-corrected chi connectivity index (χ4v) is 3.64. The first-order valence-corrected chi connectivity index (χ1v) is 9.39.